The van der Waals surface area contributed by atoms with Gasteiger partial charge in [-0.05, 0) is 24.6 Å². The molecular formula is C14H12ClN3. The van der Waals surface area contributed by atoms with Crippen LogP contribution in [0.4, 0.5) is 5.69 Å². The van der Waals surface area contributed by atoms with E-state index < -0.39 is 0 Å². The SMILES string of the molecule is Cc1cn(Nc2ccncc2Cl)c2ccccc12. The van der Waals surface area contributed by atoms with Gasteiger partial charge in [-0.2, -0.15) is 0 Å². The molecule has 0 amide bonds. The Morgan fingerprint density at radius 2 is 2.06 bits per heavy atom. The van der Waals surface area contributed by atoms with E-state index in [0.29, 0.717) is 5.02 Å². The lowest BCUT2D eigenvalue weighted by molar-refractivity contribution is 1.00. The first-order valence-electron chi connectivity index (χ1n) is 5.69. The quantitative estimate of drug-likeness (QED) is 0.755. The predicted octanol–water partition coefficient (Wildman–Crippen LogP) is 3.87. The number of aromatic nitrogens is 2. The van der Waals surface area contributed by atoms with Gasteiger partial charge in [0.2, 0.25) is 0 Å². The molecule has 3 rings (SSSR count). The number of pyridine rings is 1. The first-order valence-corrected chi connectivity index (χ1v) is 6.07. The van der Waals surface area contributed by atoms with Crippen molar-refractivity contribution in [3.05, 3.63) is 59.5 Å². The molecular weight excluding hydrogens is 246 g/mol. The molecule has 0 aliphatic rings. The lowest BCUT2D eigenvalue weighted by Gasteiger charge is -2.10. The molecule has 3 nitrogen and oxygen atoms in total. The Balaban J connectivity index is 2.08. The fourth-order valence-corrected chi connectivity index (χ4v) is 2.20. The van der Waals surface area contributed by atoms with E-state index in [1.165, 1.54) is 10.9 Å². The maximum Gasteiger partial charge on any atom is 0.0838 e. The second-order valence-corrected chi connectivity index (χ2v) is 4.57. The first kappa shape index (κ1) is 11.1. The van der Waals surface area contributed by atoms with Gasteiger partial charge in [-0.15, -0.1) is 0 Å². The van der Waals surface area contributed by atoms with Crippen LogP contribution >= 0.6 is 11.6 Å². The molecule has 90 valence electrons. The Hall–Kier alpha value is -2.00. The molecule has 0 radical (unpaired) electrons. The smallest absolute Gasteiger partial charge is 0.0838 e. The van der Waals surface area contributed by atoms with E-state index in [1.807, 2.05) is 22.9 Å². The van der Waals surface area contributed by atoms with Crippen molar-refractivity contribution in [3.8, 4) is 0 Å². The zero-order valence-electron chi connectivity index (χ0n) is 9.89. The van der Waals surface area contributed by atoms with Crippen LogP contribution in [0.15, 0.2) is 48.9 Å². The average Bonchev–Trinajstić information content (AvgIpc) is 2.70. The number of aryl methyl sites for hydroxylation is 1. The monoisotopic (exact) mass is 257 g/mol. The Bertz CT molecular complexity index is 703. The second kappa shape index (κ2) is 4.35. The van der Waals surface area contributed by atoms with Gasteiger partial charge in [0.25, 0.3) is 0 Å². The molecule has 2 heterocycles. The predicted molar refractivity (Wildman–Crippen MR) is 74.9 cm³/mol. The highest BCUT2D eigenvalue weighted by Gasteiger charge is 2.05. The van der Waals surface area contributed by atoms with Crippen LogP contribution in [0.1, 0.15) is 5.56 Å². The summed E-state index contributed by atoms with van der Waals surface area (Å²) in [7, 11) is 0. The van der Waals surface area contributed by atoms with Gasteiger partial charge in [-0.25, -0.2) is 0 Å². The Kier molecular flexibility index (Phi) is 2.68. The van der Waals surface area contributed by atoms with Gasteiger partial charge in [0, 0.05) is 24.0 Å². The molecule has 4 heteroatoms. The summed E-state index contributed by atoms with van der Waals surface area (Å²) in [4.78, 5) is 3.97. The van der Waals surface area contributed by atoms with Crippen molar-refractivity contribution in [3.63, 3.8) is 0 Å². The normalized spacial score (nSPS) is 10.8. The van der Waals surface area contributed by atoms with E-state index in [9.17, 15) is 0 Å². The Morgan fingerprint density at radius 3 is 2.89 bits per heavy atom. The molecule has 0 aliphatic carbocycles. The summed E-state index contributed by atoms with van der Waals surface area (Å²) in [5.41, 5.74) is 6.47. The molecule has 2 aromatic heterocycles. The van der Waals surface area contributed by atoms with Crippen molar-refractivity contribution in [2.24, 2.45) is 0 Å². The van der Waals surface area contributed by atoms with Crippen molar-refractivity contribution in [1.29, 1.82) is 0 Å². The second-order valence-electron chi connectivity index (χ2n) is 4.17. The van der Waals surface area contributed by atoms with Gasteiger partial charge in [-0.3, -0.25) is 15.1 Å². The van der Waals surface area contributed by atoms with E-state index in [2.05, 4.69) is 35.7 Å². The molecule has 0 bridgehead atoms. The molecule has 1 aromatic carbocycles. The molecule has 0 spiro atoms. The highest BCUT2D eigenvalue weighted by atomic mass is 35.5. The summed E-state index contributed by atoms with van der Waals surface area (Å²) in [5, 5.41) is 1.84. The third-order valence-electron chi connectivity index (χ3n) is 2.92. The van der Waals surface area contributed by atoms with E-state index in [1.54, 1.807) is 12.4 Å². The van der Waals surface area contributed by atoms with Gasteiger partial charge in [-0.1, -0.05) is 29.8 Å². The van der Waals surface area contributed by atoms with Crippen LogP contribution in [0.3, 0.4) is 0 Å². The highest BCUT2D eigenvalue weighted by molar-refractivity contribution is 6.33. The third kappa shape index (κ3) is 1.83. The van der Waals surface area contributed by atoms with Crippen LogP contribution in [0.2, 0.25) is 5.02 Å². The molecule has 0 saturated carbocycles. The molecule has 0 atom stereocenters. The van der Waals surface area contributed by atoms with Gasteiger partial charge < -0.3 is 0 Å². The van der Waals surface area contributed by atoms with Crippen LogP contribution in [-0.2, 0) is 0 Å². The topological polar surface area (TPSA) is 29.9 Å². The zero-order valence-corrected chi connectivity index (χ0v) is 10.6. The third-order valence-corrected chi connectivity index (χ3v) is 3.23. The number of anilines is 1. The highest BCUT2D eigenvalue weighted by Crippen LogP contribution is 2.23. The minimum atomic E-state index is 0.605. The van der Waals surface area contributed by atoms with Crippen molar-refractivity contribution in [2.45, 2.75) is 6.92 Å². The van der Waals surface area contributed by atoms with E-state index in [-0.39, 0.29) is 0 Å². The number of rotatable bonds is 2. The molecule has 3 aromatic rings. The fourth-order valence-electron chi connectivity index (χ4n) is 2.04. The maximum absolute atomic E-state index is 6.09. The van der Waals surface area contributed by atoms with Gasteiger partial charge in [0.1, 0.15) is 0 Å². The Morgan fingerprint density at radius 1 is 1.22 bits per heavy atom. The summed E-state index contributed by atoms with van der Waals surface area (Å²) in [5.74, 6) is 0. The molecule has 0 fully saturated rings. The van der Waals surface area contributed by atoms with Crippen LogP contribution < -0.4 is 5.43 Å². The van der Waals surface area contributed by atoms with Crippen LogP contribution in [0.25, 0.3) is 10.9 Å². The fraction of sp³-hybridized carbons (Fsp3) is 0.0714. The molecule has 0 unspecified atom stereocenters. The molecule has 0 aliphatic heterocycles. The first-order chi connectivity index (χ1) is 8.75. The van der Waals surface area contributed by atoms with Crippen LogP contribution in [0.5, 0.6) is 0 Å². The van der Waals surface area contributed by atoms with Crippen molar-refractivity contribution in [1.82, 2.24) is 9.66 Å². The van der Waals surface area contributed by atoms with Crippen LogP contribution in [-0.4, -0.2) is 9.66 Å². The van der Waals surface area contributed by atoms with Crippen molar-refractivity contribution < 1.29 is 0 Å². The number of benzene rings is 1. The van der Waals surface area contributed by atoms with Gasteiger partial charge >= 0.3 is 0 Å². The van der Waals surface area contributed by atoms with Gasteiger partial charge in [0.15, 0.2) is 0 Å². The van der Waals surface area contributed by atoms with Gasteiger partial charge in [0.05, 0.1) is 16.2 Å². The number of halogens is 1. The summed E-state index contributed by atoms with van der Waals surface area (Å²) < 4.78 is 1.98. The number of nitrogens with one attached hydrogen (secondary N) is 1. The standard InChI is InChI=1S/C14H12ClN3/c1-10-9-18(14-5-3-2-4-11(10)14)17-13-6-7-16-8-12(13)15/h2-9H,1H3,(H,16,17). The summed E-state index contributed by atoms with van der Waals surface area (Å²) in [6.45, 7) is 2.09. The van der Waals surface area contributed by atoms with E-state index in [4.69, 9.17) is 11.6 Å². The lowest BCUT2D eigenvalue weighted by atomic mass is 10.2. The van der Waals surface area contributed by atoms with Crippen molar-refractivity contribution in [2.75, 3.05) is 5.43 Å². The maximum atomic E-state index is 6.09. The number of para-hydroxylation sites is 1. The Labute approximate surface area is 110 Å². The van der Waals surface area contributed by atoms with Crippen LogP contribution in [0, 0.1) is 6.92 Å². The van der Waals surface area contributed by atoms with E-state index >= 15 is 0 Å². The largest absolute Gasteiger partial charge is 0.293 e. The number of nitrogens with zero attached hydrogens (tertiary/aromatic N) is 2. The summed E-state index contributed by atoms with van der Waals surface area (Å²) in [6, 6.07) is 10.1. The zero-order chi connectivity index (χ0) is 12.5. The molecule has 1 N–H and O–H groups in total. The minimum Gasteiger partial charge on any atom is -0.293 e. The number of hydrogen-bond acceptors (Lipinski definition) is 2. The summed E-state index contributed by atoms with van der Waals surface area (Å²) >= 11 is 6.09. The summed E-state index contributed by atoms with van der Waals surface area (Å²) in [6.07, 6.45) is 5.40. The number of hydrogen-bond donors (Lipinski definition) is 1. The lowest BCUT2D eigenvalue weighted by Crippen LogP contribution is -2.07. The average molecular weight is 258 g/mol. The van der Waals surface area contributed by atoms with E-state index in [0.717, 1.165) is 11.2 Å². The van der Waals surface area contributed by atoms with Crippen molar-refractivity contribution >= 4 is 28.2 Å². The molecule has 0 saturated heterocycles. The minimum absolute atomic E-state index is 0.605. The molecule has 18 heavy (non-hydrogen) atoms. The number of fused-ring (bicyclic) bond motifs is 1.